The van der Waals surface area contributed by atoms with Gasteiger partial charge in [-0.25, -0.2) is 0 Å². The van der Waals surface area contributed by atoms with Crippen molar-refractivity contribution < 1.29 is 0 Å². The van der Waals surface area contributed by atoms with Crippen LogP contribution in [0.4, 0.5) is 0 Å². The molecular formula is C23H40N6. The molecule has 2 fully saturated rings. The Hall–Kier alpha value is -1.63. The maximum atomic E-state index is 4.46. The van der Waals surface area contributed by atoms with Crippen molar-refractivity contribution in [3.05, 3.63) is 35.9 Å². The predicted molar refractivity (Wildman–Crippen MR) is 122 cm³/mol. The number of piperidine rings is 1. The number of benzene rings is 1. The summed E-state index contributed by atoms with van der Waals surface area (Å²) in [6.45, 7) is 11.3. The van der Waals surface area contributed by atoms with E-state index in [-0.39, 0.29) is 0 Å². The van der Waals surface area contributed by atoms with Crippen molar-refractivity contribution in [2.75, 3.05) is 59.9 Å². The molecule has 0 aromatic heterocycles. The first-order chi connectivity index (χ1) is 14.1. The Morgan fingerprint density at radius 1 is 1.10 bits per heavy atom. The molecule has 1 aromatic carbocycles. The van der Waals surface area contributed by atoms with Crippen LogP contribution in [0.25, 0.3) is 0 Å². The molecule has 0 amide bonds. The number of hydrogen-bond donors (Lipinski definition) is 2. The Balaban J connectivity index is 1.37. The summed E-state index contributed by atoms with van der Waals surface area (Å²) >= 11 is 0. The highest BCUT2D eigenvalue weighted by Crippen LogP contribution is 2.19. The highest BCUT2D eigenvalue weighted by atomic mass is 15.2. The van der Waals surface area contributed by atoms with Gasteiger partial charge in [0.05, 0.1) is 0 Å². The van der Waals surface area contributed by atoms with Crippen LogP contribution in [-0.4, -0.2) is 92.7 Å². The second-order valence-corrected chi connectivity index (χ2v) is 8.67. The van der Waals surface area contributed by atoms with Gasteiger partial charge in [-0.05, 0) is 51.9 Å². The van der Waals surface area contributed by atoms with Crippen molar-refractivity contribution in [1.29, 1.82) is 0 Å². The van der Waals surface area contributed by atoms with Gasteiger partial charge in [-0.3, -0.25) is 9.89 Å². The molecular weight excluding hydrogens is 360 g/mol. The second-order valence-electron chi connectivity index (χ2n) is 8.67. The highest BCUT2D eigenvalue weighted by Gasteiger charge is 2.26. The zero-order valence-electron chi connectivity index (χ0n) is 18.6. The van der Waals surface area contributed by atoms with Crippen molar-refractivity contribution >= 4 is 5.96 Å². The van der Waals surface area contributed by atoms with Gasteiger partial charge < -0.3 is 20.4 Å². The van der Waals surface area contributed by atoms with Crippen LogP contribution in [0.15, 0.2) is 35.3 Å². The number of hydrogen-bond acceptors (Lipinski definition) is 4. The van der Waals surface area contributed by atoms with Gasteiger partial charge >= 0.3 is 0 Å². The molecule has 2 saturated heterocycles. The molecule has 0 bridgehead atoms. The molecule has 3 rings (SSSR count). The number of rotatable bonds is 6. The summed E-state index contributed by atoms with van der Waals surface area (Å²) in [6, 6.07) is 11.9. The van der Waals surface area contributed by atoms with E-state index in [1.165, 1.54) is 38.2 Å². The summed E-state index contributed by atoms with van der Waals surface area (Å²) in [5.41, 5.74) is 1.41. The van der Waals surface area contributed by atoms with Gasteiger partial charge in [-0.1, -0.05) is 30.3 Å². The molecule has 0 spiro atoms. The van der Waals surface area contributed by atoms with Crippen molar-refractivity contribution in [2.45, 2.75) is 44.8 Å². The van der Waals surface area contributed by atoms with Crippen molar-refractivity contribution in [2.24, 2.45) is 4.99 Å². The summed E-state index contributed by atoms with van der Waals surface area (Å²) in [7, 11) is 4.10. The van der Waals surface area contributed by atoms with Gasteiger partial charge in [0, 0.05) is 58.4 Å². The first-order valence-electron chi connectivity index (χ1n) is 11.3. The highest BCUT2D eigenvalue weighted by molar-refractivity contribution is 5.79. The maximum Gasteiger partial charge on any atom is 0.191 e. The summed E-state index contributed by atoms with van der Waals surface area (Å²) in [5, 5.41) is 7.19. The van der Waals surface area contributed by atoms with E-state index >= 15 is 0 Å². The maximum absolute atomic E-state index is 4.46. The van der Waals surface area contributed by atoms with Gasteiger partial charge in [0.25, 0.3) is 0 Å². The first-order valence-corrected chi connectivity index (χ1v) is 11.3. The normalized spacial score (nSPS) is 25.6. The summed E-state index contributed by atoms with van der Waals surface area (Å²) in [5.74, 6) is 0.950. The Bertz CT molecular complexity index is 619. The average molecular weight is 401 g/mol. The fourth-order valence-corrected chi connectivity index (χ4v) is 4.45. The fourth-order valence-electron chi connectivity index (χ4n) is 4.45. The molecule has 6 heteroatoms. The van der Waals surface area contributed by atoms with Crippen LogP contribution in [0.2, 0.25) is 0 Å². The Kier molecular flexibility index (Phi) is 8.77. The van der Waals surface area contributed by atoms with Crippen LogP contribution >= 0.6 is 0 Å². The van der Waals surface area contributed by atoms with E-state index in [0.29, 0.717) is 12.1 Å². The van der Waals surface area contributed by atoms with Crippen LogP contribution in [0.1, 0.15) is 31.7 Å². The molecule has 2 aliphatic heterocycles. The molecule has 1 aromatic rings. The summed E-state index contributed by atoms with van der Waals surface area (Å²) in [4.78, 5) is 12.1. The van der Waals surface area contributed by atoms with E-state index in [0.717, 1.165) is 45.0 Å². The van der Waals surface area contributed by atoms with E-state index in [2.05, 4.69) is 74.6 Å². The van der Waals surface area contributed by atoms with E-state index < -0.39 is 0 Å². The summed E-state index contributed by atoms with van der Waals surface area (Å²) < 4.78 is 0. The standard InChI is InChI=1S/C23H40N6/c1-20-18-22(10-14-29(20)19-21-8-5-4-6-9-21)26-23(24-2)25-11-15-28-13-7-12-27(3)16-17-28/h4-6,8-9,20,22H,7,10-19H2,1-3H3,(H2,24,25,26). The van der Waals surface area contributed by atoms with E-state index in [4.69, 9.17) is 0 Å². The molecule has 162 valence electrons. The SMILES string of the molecule is CN=C(NCCN1CCCN(C)CC1)NC1CCN(Cc2ccccc2)C(C)C1. The van der Waals surface area contributed by atoms with Crippen molar-refractivity contribution in [3.8, 4) is 0 Å². The van der Waals surface area contributed by atoms with Crippen molar-refractivity contribution in [3.63, 3.8) is 0 Å². The molecule has 2 atom stereocenters. The Morgan fingerprint density at radius 2 is 1.93 bits per heavy atom. The van der Waals surface area contributed by atoms with E-state index in [9.17, 15) is 0 Å². The zero-order chi connectivity index (χ0) is 20.5. The minimum absolute atomic E-state index is 0.495. The molecule has 6 nitrogen and oxygen atoms in total. The fraction of sp³-hybridized carbons (Fsp3) is 0.696. The third-order valence-corrected chi connectivity index (χ3v) is 6.34. The summed E-state index contributed by atoms with van der Waals surface area (Å²) in [6.07, 6.45) is 3.59. The number of aliphatic imine (C=N–C) groups is 1. The van der Waals surface area contributed by atoms with Gasteiger partial charge in [0.1, 0.15) is 0 Å². The lowest BCUT2D eigenvalue weighted by Crippen LogP contribution is -2.52. The topological polar surface area (TPSA) is 46.1 Å². The van der Waals surface area contributed by atoms with Crippen LogP contribution in [0.5, 0.6) is 0 Å². The van der Waals surface area contributed by atoms with Gasteiger partial charge in [-0.15, -0.1) is 0 Å². The average Bonchev–Trinajstić information content (AvgIpc) is 2.94. The molecule has 29 heavy (non-hydrogen) atoms. The van der Waals surface area contributed by atoms with E-state index in [1.807, 2.05) is 7.05 Å². The minimum atomic E-state index is 0.495. The van der Waals surface area contributed by atoms with Crippen LogP contribution < -0.4 is 10.6 Å². The molecule has 2 N–H and O–H groups in total. The lowest BCUT2D eigenvalue weighted by molar-refractivity contribution is 0.134. The lowest BCUT2D eigenvalue weighted by atomic mass is 9.97. The van der Waals surface area contributed by atoms with Crippen LogP contribution in [0.3, 0.4) is 0 Å². The van der Waals surface area contributed by atoms with Crippen LogP contribution in [0, 0.1) is 0 Å². The third-order valence-electron chi connectivity index (χ3n) is 6.34. The number of likely N-dealkylation sites (tertiary alicyclic amines) is 1. The van der Waals surface area contributed by atoms with Gasteiger partial charge in [-0.2, -0.15) is 0 Å². The molecule has 2 heterocycles. The molecule has 2 unspecified atom stereocenters. The second kappa shape index (κ2) is 11.5. The monoisotopic (exact) mass is 400 g/mol. The molecule has 0 saturated carbocycles. The van der Waals surface area contributed by atoms with Crippen LogP contribution in [-0.2, 0) is 6.54 Å². The predicted octanol–water partition coefficient (Wildman–Crippen LogP) is 1.84. The Morgan fingerprint density at radius 3 is 2.69 bits per heavy atom. The minimum Gasteiger partial charge on any atom is -0.355 e. The lowest BCUT2D eigenvalue weighted by Gasteiger charge is -2.38. The number of nitrogens with one attached hydrogen (secondary N) is 2. The van der Waals surface area contributed by atoms with Gasteiger partial charge in [0.2, 0.25) is 0 Å². The third kappa shape index (κ3) is 7.28. The van der Waals surface area contributed by atoms with E-state index in [1.54, 1.807) is 0 Å². The van der Waals surface area contributed by atoms with Crippen molar-refractivity contribution in [1.82, 2.24) is 25.3 Å². The molecule has 2 aliphatic rings. The first kappa shape index (κ1) is 22.1. The number of guanidine groups is 1. The zero-order valence-corrected chi connectivity index (χ0v) is 18.6. The molecule has 0 radical (unpaired) electrons. The quantitative estimate of drug-likeness (QED) is 0.564. The largest absolute Gasteiger partial charge is 0.355 e. The van der Waals surface area contributed by atoms with Gasteiger partial charge in [0.15, 0.2) is 5.96 Å². The Labute approximate surface area is 177 Å². The number of nitrogens with zero attached hydrogens (tertiary/aromatic N) is 4. The molecule has 0 aliphatic carbocycles. The smallest absolute Gasteiger partial charge is 0.191 e. The number of likely N-dealkylation sites (N-methyl/N-ethyl adjacent to an activating group) is 1.